The first kappa shape index (κ1) is 19.1. The standard InChI is InChI=1S/C18H16ClN7O2S/c1-9(16(27)21-12-6-7-13-14(8-12)23-17(28)22-13)29-18-25-24-15(26(18)20)10-2-4-11(19)5-3-10/h2-9H,20H2,1H3,(H,21,27)(H2,22,23,28). The molecule has 0 saturated heterocycles. The van der Waals surface area contributed by atoms with Crippen molar-refractivity contribution in [2.75, 3.05) is 11.2 Å². The van der Waals surface area contributed by atoms with Crippen molar-refractivity contribution >= 4 is 46.0 Å². The van der Waals surface area contributed by atoms with E-state index in [2.05, 4.69) is 25.5 Å². The fourth-order valence-electron chi connectivity index (χ4n) is 2.72. The molecule has 4 aromatic rings. The Morgan fingerprint density at radius 2 is 1.90 bits per heavy atom. The van der Waals surface area contributed by atoms with Crippen molar-refractivity contribution < 1.29 is 4.79 Å². The largest absolute Gasteiger partial charge is 0.335 e. The number of anilines is 1. The molecule has 11 heteroatoms. The van der Waals surface area contributed by atoms with E-state index in [0.29, 0.717) is 32.7 Å². The molecule has 1 unspecified atom stereocenters. The summed E-state index contributed by atoms with van der Waals surface area (Å²) in [4.78, 5) is 29.2. The average molecular weight is 430 g/mol. The zero-order chi connectivity index (χ0) is 20.5. The Kier molecular flexibility index (Phi) is 5.03. The minimum Gasteiger partial charge on any atom is -0.335 e. The van der Waals surface area contributed by atoms with Crippen molar-refractivity contribution in [1.82, 2.24) is 24.8 Å². The SMILES string of the molecule is CC(Sc1nnc(-c2ccc(Cl)cc2)n1N)C(=O)Nc1ccc2[nH]c(=O)[nH]c2c1. The molecular formula is C18H16ClN7O2S. The molecule has 0 saturated carbocycles. The lowest BCUT2D eigenvalue weighted by atomic mass is 10.2. The number of nitrogens with zero attached hydrogens (tertiary/aromatic N) is 3. The van der Waals surface area contributed by atoms with E-state index in [0.717, 1.165) is 5.56 Å². The van der Waals surface area contributed by atoms with Crippen molar-refractivity contribution in [2.24, 2.45) is 0 Å². The first-order chi connectivity index (χ1) is 13.9. The number of hydrogen-bond acceptors (Lipinski definition) is 6. The summed E-state index contributed by atoms with van der Waals surface area (Å²) in [6.45, 7) is 1.74. The summed E-state index contributed by atoms with van der Waals surface area (Å²) in [7, 11) is 0. The molecule has 1 atom stereocenters. The van der Waals surface area contributed by atoms with E-state index in [1.54, 1.807) is 49.4 Å². The van der Waals surface area contributed by atoms with Crippen LogP contribution >= 0.6 is 23.4 Å². The first-order valence-corrected chi connectivity index (χ1v) is 9.82. The van der Waals surface area contributed by atoms with E-state index in [9.17, 15) is 9.59 Å². The van der Waals surface area contributed by atoms with Crippen LogP contribution in [0.2, 0.25) is 5.02 Å². The summed E-state index contributed by atoms with van der Waals surface area (Å²) in [5.74, 6) is 6.35. The Bertz CT molecular complexity index is 1250. The Hall–Kier alpha value is -3.24. The van der Waals surface area contributed by atoms with Gasteiger partial charge in [-0.2, -0.15) is 0 Å². The van der Waals surface area contributed by atoms with Crippen LogP contribution < -0.4 is 16.8 Å². The molecule has 0 spiro atoms. The fourth-order valence-corrected chi connectivity index (χ4v) is 3.62. The normalized spacial score (nSPS) is 12.2. The van der Waals surface area contributed by atoms with Crippen molar-refractivity contribution in [1.29, 1.82) is 0 Å². The molecule has 29 heavy (non-hydrogen) atoms. The number of thioether (sulfide) groups is 1. The van der Waals surface area contributed by atoms with Crippen LogP contribution in [0.5, 0.6) is 0 Å². The molecule has 5 N–H and O–H groups in total. The number of aromatic nitrogens is 5. The van der Waals surface area contributed by atoms with E-state index in [-0.39, 0.29) is 11.6 Å². The predicted molar refractivity (Wildman–Crippen MR) is 113 cm³/mol. The maximum Gasteiger partial charge on any atom is 0.323 e. The van der Waals surface area contributed by atoms with Crippen LogP contribution in [0.3, 0.4) is 0 Å². The van der Waals surface area contributed by atoms with Gasteiger partial charge in [-0.1, -0.05) is 23.4 Å². The Morgan fingerprint density at radius 1 is 1.17 bits per heavy atom. The molecule has 9 nitrogen and oxygen atoms in total. The van der Waals surface area contributed by atoms with Crippen LogP contribution in [-0.2, 0) is 4.79 Å². The number of amides is 1. The second-order valence-corrected chi connectivity index (χ2v) is 8.02. The minimum absolute atomic E-state index is 0.233. The molecule has 148 valence electrons. The number of halogens is 1. The van der Waals surface area contributed by atoms with Crippen LogP contribution in [0.1, 0.15) is 6.92 Å². The predicted octanol–water partition coefficient (Wildman–Crippen LogP) is 2.60. The third kappa shape index (κ3) is 3.98. The fraction of sp³-hybridized carbons (Fsp3) is 0.111. The highest BCUT2D eigenvalue weighted by Gasteiger charge is 2.20. The third-order valence-electron chi connectivity index (χ3n) is 4.20. The van der Waals surface area contributed by atoms with Gasteiger partial charge in [0, 0.05) is 16.3 Å². The molecule has 0 fully saturated rings. The van der Waals surface area contributed by atoms with Crippen LogP contribution in [0.15, 0.2) is 52.4 Å². The van der Waals surface area contributed by atoms with Crippen LogP contribution in [0, 0.1) is 0 Å². The third-order valence-corrected chi connectivity index (χ3v) is 5.51. The maximum absolute atomic E-state index is 12.6. The number of nitrogens with two attached hydrogens (primary N) is 1. The van der Waals surface area contributed by atoms with Crippen molar-refractivity contribution in [3.8, 4) is 11.4 Å². The Morgan fingerprint density at radius 3 is 2.66 bits per heavy atom. The number of rotatable bonds is 5. The number of nitrogens with one attached hydrogen (secondary N) is 3. The van der Waals surface area contributed by atoms with Gasteiger partial charge in [-0.3, -0.25) is 4.79 Å². The van der Waals surface area contributed by atoms with Gasteiger partial charge in [0.25, 0.3) is 0 Å². The molecule has 0 aliphatic rings. The highest BCUT2D eigenvalue weighted by atomic mass is 35.5. The molecule has 0 aliphatic carbocycles. The minimum atomic E-state index is -0.486. The number of imidazole rings is 1. The van der Waals surface area contributed by atoms with Crippen molar-refractivity contribution in [2.45, 2.75) is 17.3 Å². The van der Waals surface area contributed by atoms with Gasteiger partial charge in [0.15, 0.2) is 5.82 Å². The first-order valence-electron chi connectivity index (χ1n) is 8.57. The van der Waals surface area contributed by atoms with Crippen LogP contribution in [0.4, 0.5) is 5.69 Å². The van der Waals surface area contributed by atoms with Gasteiger partial charge in [0.05, 0.1) is 16.3 Å². The quantitative estimate of drug-likeness (QED) is 0.284. The van der Waals surface area contributed by atoms with Gasteiger partial charge in [-0.25, -0.2) is 9.47 Å². The second kappa shape index (κ2) is 7.64. The van der Waals surface area contributed by atoms with Gasteiger partial charge in [0.1, 0.15) is 0 Å². The van der Waals surface area contributed by atoms with E-state index in [1.165, 1.54) is 16.4 Å². The topological polar surface area (TPSA) is 134 Å². The van der Waals surface area contributed by atoms with Gasteiger partial charge >= 0.3 is 5.69 Å². The smallest absolute Gasteiger partial charge is 0.323 e. The zero-order valence-corrected chi connectivity index (χ0v) is 16.7. The van der Waals surface area contributed by atoms with Gasteiger partial charge in [0.2, 0.25) is 11.1 Å². The van der Waals surface area contributed by atoms with Gasteiger partial charge < -0.3 is 21.1 Å². The highest BCUT2D eigenvalue weighted by Crippen LogP contribution is 2.26. The summed E-state index contributed by atoms with van der Waals surface area (Å²) >= 11 is 7.09. The molecule has 2 aromatic heterocycles. The van der Waals surface area contributed by atoms with Crippen molar-refractivity contribution in [3.63, 3.8) is 0 Å². The summed E-state index contributed by atoms with van der Waals surface area (Å²) in [5, 5.41) is 11.5. The summed E-state index contributed by atoms with van der Waals surface area (Å²) in [6.07, 6.45) is 0. The van der Waals surface area contributed by atoms with E-state index in [4.69, 9.17) is 17.4 Å². The maximum atomic E-state index is 12.6. The lowest BCUT2D eigenvalue weighted by Crippen LogP contribution is -2.23. The molecule has 1 amide bonds. The molecule has 2 aromatic carbocycles. The number of aromatic amines is 2. The lowest BCUT2D eigenvalue weighted by molar-refractivity contribution is -0.115. The highest BCUT2D eigenvalue weighted by molar-refractivity contribution is 8.00. The van der Waals surface area contributed by atoms with Gasteiger partial charge in [-0.05, 0) is 49.4 Å². The van der Waals surface area contributed by atoms with Crippen LogP contribution in [0.25, 0.3) is 22.4 Å². The number of H-pyrrole nitrogens is 2. The second-order valence-electron chi connectivity index (χ2n) is 6.27. The molecule has 0 bridgehead atoms. The van der Waals surface area contributed by atoms with Crippen molar-refractivity contribution in [3.05, 3.63) is 58.0 Å². The van der Waals surface area contributed by atoms with Gasteiger partial charge in [-0.15, -0.1) is 10.2 Å². The van der Waals surface area contributed by atoms with E-state index in [1.807, 2.05) is 0 Å². The Balaban J connectivity index is 1.47. The summed E-state index contributed by atoms with van der Waals surface area (Å²) in [5.41, 5.74) is 2.32. The number of carbonyl (C=O) groups is 1. The molecule has 0 radical (unpaired) electrons. The monoisotopic (exact) mass is 429 g/mol. The van der Waals surface area contributed by atoms with E-state index >= 15 is 0 Å². The summed E-state index contributed by atoms with van der Waals surface area (Å²) in [6, 6.07) is 12.2. The zero-order valence-electron chi connectivity index (χ0n) is 15.1. The molecule has 0 aliphatic heterocycles. The number of benzene rings is 2. The average Bonchev–Trinajstić information content (AvgIpc) is 3.24. The Labute approximate surface area is 173 Å². The molecule has 2 heterocycles. The number of nitrogen functional groups attached to an aromatic ring is 1. The number of carbonyl (C=O) groups excluding carboxylic acids is 1. The number of hydrogen-bond donors (Lipinski definition) is 4. The molecular weight excluding hydrogens is 414 g/mol. The summed E-state index contributed by atoms with van der Waals surface area (Å²) < 4.78 is 1.34. The van der Waals surface area contributed by atoms with E-state index < -0.39 is 5.25 Å². The molecule has 4 rings (SSSR count). The van der Waals surface area contributed by atoms with Crippen LogP contribution in [-0.4, -0.2) is 36.0 Å². The number of fused-ring (bicyclic) bond motifs is 1. The lowest BCUT2D eigenvalue weighted by Gasteiger charge is -2.11.